The van der Waals surface area contributed by atoms with Crippen molar-refractivity contribution >= 4 is 15.9 Å². The number of aryl methyl sites for hydroxylation is 2. The lowest BCUT2D eigenvalue weighted by Gasteiger charge is -2.12. The number of nitrogens with zero attached hydrogens (tertiary/aromatic N) is 2. The summed E-state index contributed by atoms with van der Waals surface area (Å²) >= 11 is 3.68. The molecule has 3 atom stereocenters. The Morgan fingerprint density at radius 1 is 1.38 bits per heavy atom. The normalized spacial score (nSPS) is 22.3. The van der Waals surface area contributed by atoms with Crippen molar-refractivity contribution in [1.29, 1.82) is 0 Å². The number of aromatic nitrogens is 2. The molecule has 1 aliphatic carbocycles. The van der Waals surface area contributed by atoms with E-state index in [1.54, 1.807) is 0 Å². The van der Waals surface area contributed by atoms with Gasteiger partial charge in [0.1, 0.15) is 0 Å². The van der Waals surface area contributed by atoms with E-state index in [2.05, 4.69) is 58.3 Å². The number of benzene rings is 1. The summed E-state index contributed by atoms with van der Waals surface area (Å²) in [6.07, 6.45) is 3.04. The van der Waals surface area contributed by atoms with Gasteiger partial charge in [-0.15, -0.1) is 0 Å². The molecule has 0 aliphatic heterocycles. The molecule has 3 rings (SSSR count). The van der Waals surface area contributed by atoms with Crippen LogP contribution in [0.2, 0.25) is 0 Å². The van der Waals surface area contributed by atoms with Crippen LogP contribution in [0.15, 0.2) is 34.8 Å². The lowest BCUT2D eigenvalue weighted by atomic mass is 10.0. The molecular formula is C17H22BrN3. The zero-order chi connectivity index (χ0) is 15.0. The Kier molecular flexibility index (Phi) is 4.18. The van der Waals surface area contributed by atoms with Crippen molar-refractivity contribution in [3.8, 4) is 0 Å². The first-order valence-corrected chi connectivity index (χ1v) is 8.41. The Bertz CT molecular complexity index is 620. The van der Waals surface area contributed by atoms with E-state index in [0.29, 0.717) is 11.8 Å². The first kappa shape index (κ1) is 14.8. The summed E-state index contributed by atoms with van der Waals surface area (Å²) in [4.78, 5) is 0. The SMILES string of the molecule is CCc1nn(C)c(CC(N)C2CC2c2ccccc2)c1Br. The molecule has 1 heterocycles. The zero-order valence-corrected chi connectivity index (χ0v) is 14.2. The molecular weight excluding hydrogens is 326 g/mol. The van der Waals surface area contributed by atoms with Gasteiger partial charge in [-0.25, -0.2) is 0 Å². The Balaban J connectivity index is 1.68. The molecule has 2 aromatic rings. The highest BCUT2D eigenvalue weighted by Gasteiger charge is 2.42. The van der Waals surface area contributed by atoms with Gasteiger partial charge in [-0.2, -0.15) is 5.10 Å². The molecule has 2 N–H and O–H groups in total. The highest BCUT2D eigenvalue weighted by molar-refractivity contribution is 9.10. The second kappa shape index (κ2) is 5.93. The predicted molar refractivity (Wildman–Crippen MR) is 89.3 cm³/mol. The zero-order valence-electron chi connectivity index (χ0n) is 12.6. The molecule has 1 aromatic heterocycles. The standard InChI is InChI=1S/C17H22BrN3/c1-3-15-17(18)16(21(2)20-15)10-14(19)13-9-12(13)11-7-5-4-6-8-11/h4-8,12-14H,3,9-10,19H2,1-2H3. The number of hydrogen-bond acceptors (Lipinski definition) is 2. The van der Waals surface area contributed by atoms with E-state index in [-0.39, 0.29) is 6.04 Å². The molecule has 3 unspecified atom stereocenters. The van der Waals surface area contributed by atoms with Crippen molar-refractivity contribution in [3.63, 3.8) is 0 Å². The van der Waals surface area contributed by atoms with Crippen LogP contribution in [0.1, 0.15) is 36.2 Å². The predicted octanol–water partition coefficient (Wildman–Crippen LogP) is 3.42. The van der Waals surface area contributed by atoms with Crippen LogP contribution < -0.4 is 5.73 Å². The van der Waals surface area contributed by atoms with Gasteiger partial charge in [0.2, 0.25) is 0 Å². The van der Waals surface area contributed by atoms with Crippen LogP contribution in [-0.2, 0) is 19.9 Å². The number of rotatable bonds is 5. The average molecular weight is 348 g/mol. The first-order chi connectivity index (χ1) is 10.1. The monoisotopic (exact) mass is 347 g/mol. The quantitative estimate of drug-likeness (QED) is 0.900. The van der Waals surface area contributed by atoms with Gasteiger partial charge in [0, 0.05) is 19.5 Å². The van der Waals surface area contributed by atoms with E-state index >= 15 is 0 Å². The molecule has 4 heteroatoms. The minimum Gasteiger partial charge on any atom is -0.327 e. The van der Waals surface area contributed by atoms with E-state index < -0.39 is 0 Å². The number of hydrogen-bond donors (Lipinski definition) is 1. The second-order valence-electron chi connectivity index (χ2n) is 5.97. The van der Waals surface area contributed by atoms with E-state index in [1.807, 2.05) is 11.7 Å². The minimum absolute atomic E-state index is 0.201. The summed E-state index contributed by atoms with van der Waals surface area (Å²) in [5.41, 5.74) is 10.2. The Morgan fingerprint density at radius 3 is 2.71 bits per heavy atom. The lowest BCUT2D eigenvalue weighted by Crippen LogP contribution is -2.27. The number of nitrogens with two attached hydrogens (primary N) is 1. The van der Waals surface area contributed by atoms with E-state index in [1.165, 1.54) is 17.7 Å². The molecule has 0 spiro atoms. The van der Waals surface area contributed by atoms with Gasteiger partial charge in [0.15, 0.2) is 0 Å². The van der Waals surface area contributed by atoms with Gasteiger partial charge >= 0.3 is 0 Å². The fourth-order valence-corrected chi connectivity index (χ4v) is 3.97. The molecule has 1 aliphatic rings. The van der Waals surface area contributed by atoms with Gasteiger partial charge in [-0.05, 0) is 46.2 Å². The summed E-state index contributed by atoms with van der Waals surface area (Å²) in [6.45, 7) is 2.13. The van der Waals surface area contributed by atoms with Gasteiger partial charge in [0.05, 0.1) is 15.9 Å². The molecule has 0 amide bonds. The summed E-state index contributed by atoms with van der Waals surface area (Å²) in [5, 5.41) is 4.55. The van der Waals surface area contributed by atoms with Crippen molar-refractivity contribution in [2.24, 2.45) is 18.7 Å². The summed E-state index contributed by atoms with van der Waals surface area (Å²) in [6, 6.07) is 10.9. The molecule has 0 radical (unpaired) electrons. The first-order valence-electron chi connectivity index (χ1n) is 7.62. The smallest absolute Gasteiger partial charge is 0.0766 e. The van der Waals surface area contributed by atoms with Crippen LogP contribution in [0, 0.1) is 5.92 Å². The molecule has 1 fully saturated rings. The third-order valence-corrected chi connectivity index (χ3v) is 5.46. The summed E-state index contributed by atoms with van der Waals surface area (Å²) in [7, 11) is 2.01. The molecule has 3 nitrogen and oxygen atoms in total. The van der Waals surface area contributed by atoms with E-state index in [0.717, 1.165) is 23.0 Å². The topological polar surface area (TPSA) is 43.8 Å². The lowest BCUT2D eigenvalue weighted by molar-refractivity contribution is 0.550. The summed E-state index contributed by atoms with van der Waals surface area (Å²) in [5.74, 6) is 1.23. The van der Waals surface area contributed by atoms with Gasteiger partial charge < -0.3 is 5.73 Å². The van der Waals surface area contributed by atoms with Crippen LogP contribution in [0.5, 0.6) is 0 Å². The van der Waals surface area contributed by atoms with Crippen molar-refractivity contribution in [1.82, 2.24) is 9.78 Å². The van der Waals surface area contributed by atoms with E-state index in [4.69, 9.17) is 5.73 Å². The third-order valence-electron chi connectivity index (χ3n) is 4.55. The molecule has 1 aromatic carbocycles. The van der Waals surface area contributed by atoms with Crippen LogP contribution in [-0.4, -0.2) is 15.8 Å². The minimum atomic E-state index is 0.201. The maximum absolute atomic E-state index is 6.47. The Hall–Kier alpha value is -1.13. The second-order valence-corrected chi connectivity index (χ2v) is 6.76. The maximum atomic E-state index is 6.47. The van der Waals surface area contributed by atoms with Crippen LogP contribution in [0.25, 0.3) is 0 Å². The highest BCUT2D eigenvalue weighted by Crippen LogP contribution is 2.49. The van der Waals surface area contributed by atoms with Crippen molar-refractivity contribution in [3.05, 3.63) is 51.8 Å². The Labute approximate surface area is 134 Å². The largest absolute Gasteiger partial charge is 0.327 e. The maximum Gasteiger partial charge on any atom is 0.0766 e. The van der Waals surface area contributed by atoms with Crippen LogP contribution >= 0.6 is 15.9 Å². The highest BCUT2D eigenvalue weighted by atomic mass is 79.9. The summed E-state index contributed by atoms with van der Waals surface area (Å²) < 4.78 is 3.11. The van der Waals surface area contributed by atoms with Crippen LogP contribution in [0.4, 0.5) is 0 Å². The fraction of sp³-hybridized carbons (Fsp3) is 0.471. The number of halogens is 1. The molecule has 0 saturated heterocycles. The van der Waals surface area contributed by atoms with Crippen LogP contribution in [0.3, 0.4) is 0 Å². The average Bonchev–Trinajstić information content (AvgIpc) is 3.26. The van der Waals surface area contributed by atoms with Crippen molar-refractivity contribution < 1.29 is 0 Å². The third kappa shape index (κ3) is 2.92. The van der Waals surface area contributed by atoms with Gasteiger partial charge in [0.25, 0.3) is 0 Å². The molecule has 1 saturated carbocycles. The molecule has 0 bridgehead atoms. The van der Waals surface area contributed by atoms with Gasteiger partial charge in [-0.1, -0.05) is 37.3 Å². The molecule has 21 heavy (non-hydrogen) atoms. The van der Waals surface area contributed by atoms with Gasteiger partial charge in [-0.3, -0.25) is 4.68 Å². The van der Waals surface area contributed by atoms with Crippen molar-refractivity contribution in [2.45, 2.75) is 38.1 Å². The fourth-order valence-electron chi connectivity index (χ4n) is 3.19. The van der Waals surface area contributed by atoms with E-state index in [9.17, 15) is 0 Å². The van der Waals surface area contributed by atoms with Crippen molar-refractivity contribution in [2.75, 3.05) is 0 Å². The molecule has 112 valence electrons. The Morgan fingerprint density at radius 2 is 2.10 bits per heavy atom.